The minimum absolute atomic E-state index is 0.0512. The Morgan fingerprint density at radius 1 is 1.38 bits per heavy atom. The van der Waals surface area contributed by atoms with Crippen LogP contribution in [0.1, 0.15) is 46.9 Å². The van der Waals surface area contributed by atoms with Gasteiger partial charge in [0.05, 0.1) is 12.0 Å². The number of benzene rings is 1. The van der Waals surface area contributed by atoms with Crippen molar-refractivity contribution in [1.82, 2.24) is 15.3 Å². The molecule has 0 spiro atoms. The average Bonchev–Trinajstić information content (AvgIpc) is 2.97. The molecule has 4 nitrogen and oxygen atoms in total. The monoisotopic (exact) mass is 303 g/mol. The van der Waals surface area contributed by atoms with Gasteiger partial charge < -0.3 is 10.3 Å². The number of halogens is 1. The third kappa shape index (κ3) is 3.27. The second-order valence-corrected chi connectivity index (χ2v) is 5.84. The first-order valence-corrected chi connectivity index (χ1v) is 7.68. The number of H-pyrrole nitrogens is 1. The molecule has 1 aliphatic carbocycles. The Labute approximate surface area is 128 Å². The van der Waals surface area contributed by atoms with E-state index >= 15 is 0 Å². The summed E-state index contributed by atoms with van der Waals surface area (Å²) in [6, 6.07) is 6.94. The molecule has 1 atom stereocenters. The molecule has 0 fully saturated rings. The summed E-state index contributed by atoms with van der Waals surface area (Å²) in [6.07, 6.45) is 6.12. The molecule has 1 amide bonds. The molecule has 5 heteroatoms. The van der Waals surface area contributed by atoms with Crippen molar-refractivity contribution in [3.05, 3.63) is 52.6 Å². The topological polar surface area (TPSA) is 57.8 Å². The van der Waals surface area contributed by atoms with Crippen molar-refractivity contribution in [2.24, 2.45) is 0 Å². The summed E-state index contributed by atoms with van der Waals surface area (Å²) in [4.78, 5) is 19.6. The van der Waals surface area contributed by atoms with E-state index in [1.54, 1.807) is 30.6 Å². The fraction of sp³-hybridized carbons (Fsp3) is 0.375. The Balaban J connectivity index is 1.53. The van der Waals surface area contributed by atoms with Crippen molar-refractivity contribution >= 4 is 17.5 Å². The van der Waals surface area contributed by atoms with Crippen molar-refractivity contribution in [1.29, 1.82) is 0 Å². The first-order chi connectivity index (χ1) is 10.2. The molecule has 0 saturated heterocycles. The van der Waals surface area contributed by atoms with E-state index in [1.165, 1.54) is 17.8 Å². The maximum Gasteiger partial charge on any atom is 0.251 e. The van der Waals surface area contributed by atoms with E-state index in [2.05, 4.69) is 15.3 Å². The summed E-state index contributed by atoms with van der Waals surface area (Å²) < 4.78 is 0. The molecule has 1 aromatic heterocycles. The first kappa shape index (κ1) is 14.1. The van der Waals surface area contributed by atoms with Gasteiger partial charge in [-0.3, -0.25) is 4.79 Å². The molecule has 110 valence electrons. The average molecular weight is 304 g/mol. The van der Waals surface area contributed by atoms with Gasteiger partial charge in [0, 0.05) is 28.7 Å². The van der Waals surface area contributed by atoms with E-state index in [0.29, 0.717) is 23.0 Å². The molecule has 0 saturated carbocycles. The first-order valence-electron chi connectivity index (χ1n) is 7.30. The van der Waals surface area contributed by atoms with Crippen molar-refractivity contribution in [3.8, 4) is 0 Å². The summed E-state index contributed by atoms with van der Waals surface area (Å²) in [5, 5.41) is 3.61. The lowest BCUT2D eigenvalue weighted by Crippen LogP contribution is -2.26. The van der Waals surface area contributed by atoms with Gasteiger partial charge in [-0.1, -0.05) is 11.6 Å². The SMILES string of the molecule is O=C(NCCC1CCCc2[nH]cnc21)c1ccc(Cl)cc1. The lowest BCUT2D eigenvalue weighted by molar-refractivity contribution is 0.0952. The predicted molar refractivity (Wildman–Crippen MR) is 82.7 cm³/mol. The maximum atomic E-state index is 12.0. The lowest BCUT2D eigenvalue weighted by Gasteiger charge is -2.21. The van der Waals surface area contributed by atoms with Gasteiger partial charge in [-0.05, 0) is 49.9 Å². The van der Waals surface area contributed by atoms with Crippen molar-refractivity contribution < 1.29 is 4.79 Å². The van der Waals surface area contributed by atoms with Crippen LogP contribution in [0.25, 0.3) is 0 Å². The zero-order valence-corrected chi connectivity index (χ0v) is 12.5. The van der Waals surface area contributed by atoms with Gasteiger partial charge in [-0.15, -0.1) is 0 Å². The third-order valence-electron chi connectivity index (χ3n) is 4.00. The van der Waals surface area contributed by atoms with E-state index in [0.717, 1.165) is 19.3 Å². The molecule has 21 heavy (non-hydrogen) atoms. The van der Waals surface area contributed by atoms with Gasteiger partial charge in [-0.2, -0.15) is 0 Å². The molecule has 1 unspecified atom stereocenters. The van der Waals surface area contributed by atoms with Gasteiger partial charge in [0.2, 0.25) is 0 Å². The van der Waals surface area contributed by atoms with Crippen LogP contribution >= 0.6 is 11.6 Å². The van der Waals surface area contributed by atoms with Crippen LogP contribution in [0.4, 0.5) is 0 Å². The molecule has 1 heterocycles. The number of aromatic nitrogens is 2. The van der Waals surface area contributed by atoms with E-state index < -0.39 is 0 Å². The maximum absolute atomic E-state index is 12.0. The van der Waals surface area contributed by atoms with Crippen LogP contribution in [0.2, 0.25) is 5.02 Å². The summed E-state index contributed by atoms with van der Waals surface area (Å²) >= 11 is 5.82. The zero-order chi connectivity index (χ0) is 14.7. The largest absolute Gasteiger partial charge is 0.352 e. The molecule has 2 N–H and O–H groups in total. The number of carbonyl (C=O) groups excluding carboxylic acids is 1. The second kappa shape index (κ2) is 6.31. The highest BCUT2D eigenvalue weighted by Gasteiger charge is 2.22. The predicted octanol–water partition coefficient (Wildman–Crippen LogP) is 3.30. The third-order valence-corrected chi connectivity index (χ3v) is 4.25. The van der Waals surface area contributed by atoms with E-state index in [9.17, 15) is 4.79 Å². The number of imidazole rings is 1. The van der Waals surface area contributed by atoms with Crippen LogP contribution in [-0.4, -0.2) is 22.4 Å². The summed E-state index contributed by atoms with van der Waals surface area (Å²) in [5.74, 6) is 0.398. The number of aryl methyl sites for hydroxylation is 1. The second-order valence-electron chi connectivity index (χ2n) is 5.41. The zero-order valence-electron chi connectivity index (χ0n) is 11.7. The molecule has 2 aromatic rings. The fourth-order valence-electron chi connectivity index (χ4n) is 2.89. The number of nitrogens with zero attached hydrogens (tertiary/aromatic N) is 1. The van der Waals surface area contributed by atoms with Crippen LogP contribution in [0.5, 0.6) is 0 Å². The van der Waals surface area contributed by atoms with Gasteiger partial charge in [0.1, 0.15) is 0 Å². The number of fused-ring (bicyclic) bond motifs is 1. The minimum atomic E-state index is -0.0512. The van der Waals surface area contributed by atoms with Gasteiger partial charge in [0.25, 0.3) is 5.91 Å². The Kier molecular flexibility index (Phi) is 4.25. The van der Waals surface area contributed by atoms with Crippen molar-refractivity contribution in [2.75, 3.05) is 6.54 Å². The molecule has 0 bridgehead atoms. The fourth-order valence-corrected chi connectivity index (χ4v) is 3.02. The quantitative estimate of drug-likeness (QED) is 0.910. The van der Waals surface area contributed by atoms with Crippen LogP contribution in [0, 0.1) is 0 Å². The molecular formula is C16H18ClN3O. The van der Waals surface area contributed by atoms with Crippen molar-refractivity contribution in [2.45, 2.75) is 31.6 Å². The molecular weight excluding hydrogens is 286 g/mol. The standard InChI is InChI=1S/C16H18ClN3O/c17-13-6-4-12(5-7-13)16(21)18-9-8-11-2-1-3-14-15(11)20-10-19-14/h4-7,10-11H,1-3,8-9H2,(H,18,21)(H,19,20). The highest BCUT2D eigenvalue weighted by molar-refractivity contribution is 6.30. The summed E-state index contributed by atoms with van der Waals surface area (Å²) in [7, 11) is 0. The molecule has 1 aliphatic rings. The van der Waals surface area contributed by atoms with Crippen LogP contribution in [-0.2, 0) is 6.42 Å². The molecule has 3 rings (SSSR count). The Morgan fingerprint density at radius 3 is 3.00 bits per heavy atom. The highest BCUT2D eigenvalue weighted by atomic mass is 35.5. The van der Waals surface area contributed by atoms with E-state index in [1.807, 2.05) is 0 Å². The summed E-state index contributed by atoms with van der Waals surface area (Å²) in [6.45, 7) is 0.665. The Bertz CT molecular complexity index is 621. The number of aromatic amines is 1. The molecule has 1 aromatic carbocycles. The van der Waals surface area contributed by atoms with Crippen molar-refractivity contribution in [3.63, 3.8) is 0 Å². The number of hydrogen-bond donors (Lipinski definition) is 2. The highest BCUT2D eigenvalue weighted by Crippen LogP contribution is 2.31. The smallest absolute Gasteiger partial charge is 0.251 e. The Hall–Kier alpha value is -1.81. The number of amides is 1. The number of rotatable bonds is 4. The van der Waals surface area contributed by atoms with Crippen LogP contribution in [0.3, 0.4) is 0 Å². The van der Waals surface area contributed by atoms with E-state index in [4.69, 9.17) is 11.6 Å². The summed E-state index contributed by atoms with van der Waals surface area (Å²) in [5.41, 5.74) is 3.08. The number of carbonyl (C=O) groups is 1. The van der Waals surface area contributed by atoms with Gasteiger partial charge in [0.15, 0.2) is 0 Å². The van der Waals surface area contributed by atoms with Gasteiger partial charge in [-0.25, -0.2) is 4.98 Å². The molecule has 0 radical (unpaired) electrons. The number of hydrogen-bond acceptors (Lipinski definition) is 2. The van der Waals surface area contributed by atoms with Crippen LogP contribution in [0.15, 0.2) is 30.6 Å². The van der Waals surface area contributed by atoms with E-state index in [-0.39, 0.29) is 5.91 Å². The number of nitrogens with one attached hydrogen (secondary N) is 2. The molecule has 0 aliphatic heterocycles. The lowest BCUT2D eigenvalue weighted by atomic mass is 9.87. The van der Waals surface area contributed by atoms with Crippen LogP contribution < -0.4 is 5.32 Å². The minimum Gasteiger partial charge on any atom is -0.352 e. The Morgan fingerprint density at radius 2 is 2.19 bits per heavy atom. The van der Waals surface area contributed by atoms with Gasteiger partial charge >= 0.3 is 0 Å². The normalized spacial score (nSPS) is 17.3.